The lowest BCUT2D eigenvalue weighted by atomic mass is 10.0. The quantitative estimate of drug-likeness (QED) is 0.328. The number of amides is 1. The lowest BCUT2D eigenvalue weighted by Gasteiger charge is -2.09. The predicted molar refractivity (Wildman–Crippen MR) is 116 cm³/mol. The Bertz CT molecular complexity index is 1210. The highest BCUT2D eigenvalue weighted by Crippen LogP contribution is 2.25. The molecular formula is C23H15BrFN3O. The molecule has 0 aliphatic rings. The van der Waals surface area contributed by atoms with Crippen molar-refractivity contribution in [1.82, 2.24) is 10.4 Å². The summed E-state index contributed by atoms with van der Waals surface area (Å²) in [6.07, 6.45) is 1.58. The summed E-state index contributed by atoms with van der Waals surface area (Å²) < 4.78 is 14.2. The molecule has 0 radical (unpaired) electrons. The van der Waals surface area contributed by atoms with E-state index in [1.165, 1.54) is 12.1 Å². The van der Waals surface area contributed by atoms with Crippen LogP contribution in [0.3, 0.4) is 0 Å². The van der Waals surface area contributed by atoms with Crippen LogP contribution in [0.4, 0.5) is 4.39 Å². The molecule has 0 unspecified atom stereocenters. The van der Waals surface area contributed by atoms with Crippen LogP contribution in [0.1, 0.15) is 15.9 Å². The standard InChI is InChI=1S/C23H15BrFN3O/c24-17-9-5-15(6-10-17)14-26-28-23(29)20-13-22(16-7-11-18(25)12-8-16)27-21-4-2-1-3-19(20)21/h1-14H,(H,28,29). The van der Waals surface area contributed by atoms with Crippen molar-refractivity contribution in [2.45, 2.75) is 0 Å². The number of carbonyl (C=O) groups is 1. The topological polar surface area (TPSA) is 54.4 Å². The molecule has 4 nitrogen and oxygen atoms in total. The molecule has 1 heterocycles. The summed E-state index contributed by atoms with van der Waals surface area (Å²) in [4.78, 5) is 17.4. The van der Waals surface area contributed by atoms with E-state index >= 15 is 0 Å². The lowest BCUT2D eigenvalue weighted by Crippen LogP contribution is -2.18. The molecule has 1 amide bonds. The molecule has 0 aliphatic heterocycles. The molecule has 0 bridgehead atoms. The van der Waals surface area contributed by atoms with Crippen LogP contribution in [-0.4, -0.2) is 17.1 Å². The van der Waals surface area contributed by atoms with Gasteiger partial charge in [-0.1, -0.05) is 46.3 Å². The van der Waals surface area contributed by atoms with Gasteiger partial charge in [-0.25, -0.2) is 14.8 Å². The second-order valence-corrected chi connectivity index (χ2v) is 7.25. The molecule has 1 N–H and O–H groups in total. The van der Waals surface area contributed by atoms with Crippen molar-refractivity contribution in [1.29, 1.82) is 0 Å². The summed E-state index contributed by atoms with van der Waals surface area (Å²) in [6.45, 7) is 0. The van der Waals surface area contributed by atoms with Crippen molar-refractivity contribution in [3.63, 3.8) is 0 Å². The van der Waals surface area contributed by atoms with Crippen LogP contribution in [0.5, 0.6) is 0 Å². The number of benzene rings is 3. The van der Waals surface area contributed by atoms with Crippen molar-refractivity contribution in [2.75, 3.05) is 0 Å². The van der Waals surface area contributed by atoms with Gasteiger partial charge in [-0.3, -0.25) is 4.79 Å². The van der Waals surface area contributed by atoms with E-state index in [2.05, 4.69) is 31.4 Å². The van der Waals surface area contributed by atoms with Crippen LogP contribution in [0.15, 0.2) is 88.4 Å². The Kier molecular flexibility index (Phi) is 5.44. The van der Waals surface area contributed by atoms with Gasteiger partial charge in [-0.2, -0.15) is 5.10 Å². The maximum absolute atomic E-state index is 13.3. The highest BCUT2D eigenvalue weighted by Gasteiger charge is 2.13. The number of aromatic nitrogens is 1. The van der Waals surface area contributed by atoms with E-state index in [1.54, 1.807) is 24.4 Å². The van der Waals surface area contributed by atoms with Gasteiger partial charge in [0.2, 0.25) is 0 Å². The van der Waals surface area contributed by atoms with Gasteiger partial charge in [0.25, 0.3) is 5.91 Å². The van der Waals surface area contributed by atoms with Gasteiger partial charge in [0.15, 0.2) is 0 Å². The third-order valence-electron chi connectivity index (χ3n) is 4.35. The van der Waals surface area contributed by atoms with Gasteiger partial charge in [-0.05, 0) is 54.1 Å². The Balaban J connectivity index is 1.67. The van der Waals surface area contributed by atoms with Crippen molar-refractivity contribution in [3.8, 4) is 11.3 Å². The number of hydrazone groups is 1. The smallest absolute Gasteiger partial charge is 0.267 e. The monoisotopic (exact) mass is 447 g/mol. The Morgan fingerprint density at radius 3 is 2.48 bits per heavy atom. The molecule has 0 fully saturated rings. The minimum absolute atomic E-state index is 0.324. The number of pyridine rings is 1. The first kappa shape index (κ1) is 19.0. The average molecular weight is 448 g/mol. The highest BCUT2D eigenvalue weighted by molar-refractivity contribution is 9.10. The number of fused-ring (bicyclic) bond motifs is 1. The molecule has 4 aromatic rings. The second kappa shape index (κ2) is 8.32. The molecular weight excluding hydrogens is 433 g/mol. The number of halogens is 2. The van der Waals surface area contributed by atoms with Crippen molar-refractivity contribution in [2.24, 2.45) is 5.10 Å². The van der Waals surface area contributed by atoms with Crippen LogP contribution < -0.4 is 5.43 Å². The fourth-order valence-corrected chi connectivity index (χ4v) is 3.17. The summed E-state index contributed by atoms with van der Waals surface area (Å²) >= 11 is 3.38. The number of hydrogen-bond acceptors (Lipinski definition) is 3. The molecule has 29 heavy (non-hydrogen) atoms. The Morgan fingerprint density at radius 1 is 1.00 bits per heavy atom. The number of para-hydroxylation sites is 1. The number of rotatable bonds is 4. The van der Waals surface area contributed by atoms with Crippen LogP contribution in [-0.2, 0) is 0 Å². The fraction of sp³-hybridized carbons (Fsp3) is 0. The molecule has 0 saturated carbocycles. The molecule has 4 rings (SSSR count). The number of nitrogens with zero attached hydrogens (tertiary/aromatic N) is 2. The Hall–Kier alpha value is -3.38. The average Bonchev–Trinajstić information content (AvgIpc) is 2.75. The van der Waals surface area contributed by atoms with Gasteiger partial charge >= 0.3 is 0 Å². The van der Waals surface area contributed by atoms with Gasteiger partial charge in [0.05, 0.1) is 23.0 Å². The minimum atomic E-state index is -0.347. The first-order valence-corrected chi connectivity index (χ1v) is 9.64. The first-order chi connectivity index (χ1) is 14.1. The number of nitrogens with one attached hydrogen (secondary N) is 1. The second-order valence-electron chi connectivity index (χ2n) is 6.33. The zero-order valence-corrected chi connectivity index (χ0v) is 16.7. The summed E-state index contributed by atoms with van der Waals surface area (Å²) in [7, 11) is 0. The van der Waals surface area contributed by atoms with E-state index in [-0.39, 0.29) is 11.7 Å². The molecule has 1 aromatic heterocycles. The van der Waals surface area contributed by atoms with E-state index in [0.29, 0.717) is 16.8 Å². The Morgan fingerprint density at radius 2 is 1.72 bits per heavy atom. The summed E-state index contributed by atoms with van der Waals surface area (Å²) in [5, 5.41) is 4.78. The molecule has 0 atom stereocenters. The van der Waals surface area contributed by atoms with Crippen LogP contribution in [0, 0.1) is 5.82 Å². The molecule has 142 valence electrons. The van der Waals surface area contributed by atoms with Crippen LogP contribution in [0.2, 0.25) is 0 Å². The SMILES string of the molecule is O=C(NN=Cc1ccc(Br)cc1)c1cc(-c2ccc(F)cc2)nc2ccccc12. The highest BCUT2D eigenvalue weighted by atomic mass is 79.9. The fourth-order valence-electron chi connectivity index (χ4n) is 2.91. The molecule has 0 aliphatic carbocycles. The predicted octanol–water partition coefficient (Wildman–Crippen LogP) is 5.57. The van der Waals surface area contributed by atoms with E-state index in [9.17, 15) is 9.18 Å². The normalized spacial score (nSPS) is 11.1. The van der Waals surface area contributed by atoms with Crippen molar-refractivity contribution < 1.29 is 9.18 Å². The third-order valence-corrected chi connectivity index (χ3v) is 4.88. The molecule has 3 aromatic carbocycles. The summed E-state index contributed by atoms with van der Waals surface area (Å²) in [5.74, 6) is -0.671. The summed E-state index contributed by atoms with van der Waals surface area (Å²) in [5.41, 5.74) is 5.87. The van der Waals surface area contributed by atoms with Crippen LogP contribution >= 0.6 is 15.9 Å². The van der Waals surface area contributed by atoms with Gasteiger partial charge in [0.1, 0.15) is 5.82 Å². The van der Waals surface area contributed by atoms with Gasteiger partial charge in [0, 0.05) is 15.4 Å². The zero-order chi connectivity index (χ0) is 20.2. The molecule has 6 heteroatoms. The first-order valence-electron chi connectivity index (χ1n) is 8.85. The van der Waals surface area contributed by atoms with E-state index in [0.717, 1.165) is 21.0 Å². The van der Waals surface area contributed by atoms with Crippen LogP contribution in [0.25, 0.3) is 22.2 Å². The number of hydrogen-bond donors (Lipinski definition) is 1. The van der Waals surface area contributed by atoms with E-state index < -0.39 is 0 Å². The van der Waals surface area contributed by atoms with Gasteiger partial charge in [-0.15, -0.1) is 0 Å². The summed E-state index contributed by atoms with van der Waals surface area (Å²) in [6, 6.07) is 22.7. The maximum atomic E-state index is 13.3. The third kappa shape index (κ3) is 4.38. The Labute approximate surface area is 175 Å². The molecule has 0 spiro atoms. The van der Waals surface area contributed by atoms with Gasteiger partial charge < -0.3 is 0 Å². The maximum Gasteiger partial charge on any atom is 0.272 e. The number of carbonyl (C=O) groups excluding carboxylic acids is 1. The van der Waals surface area contributed by atoms with E-state index in [4.69, 9.17) is 0 Å². The molecule has 0 saturated heterocycles. The zero-order valence-electron chi connectivity index (χ0n) is 15.1. The van der Waals surface area contributed by atoms with Crippen molar-refractivity contribution >= 4 is 39.0 Å². The minimum Gasteiger partial charge on any atom is -0.267 e. The van der Waals surface area contributed by atoms with Crippen molar-refractivity contribution in [3.05, 3.63) is 100 Å². The van der Waals surface area contributed by atoms with E-state index in [1.807, 2.05) is 48.5 Å². The largest absolute Gasteiger partial charge is 0.272 e. The lowest BCUT2D eigenvalue weighted by molar-refractivity contribution is 0.0956.